The van der Waals surface area contributed by atoms with Crippen molar-refractivity contribution in [3.05, 3.63) is 34.6 Å². The standard InChI is InChI=1S/C20H30ClO3P.Na/c1-2-3-4-5-6-7-8-9-10-11-12-17-16-25(22,23)24-20-14-13-18(21)15-19(17)20;/h13-16H,2-12H2,1H3,(H,22,23);/q;+1/p-1. The Balaban J connectivity index is 0.00000338. The molecule has 1 aliphatic heterocycles. The Hall–Kier alpha value is 0.240. The fourth-order valence-corrected chi connectivity index (χ4v) is 4.57. The third-order valence-corrected chi connectivity index (χ3v) is 5.94. The molecule has 0 saturated heterocycles. The van der Waals surface area contributed by atoms with E-state index in [4.69, 9.17) is 16.1 Å². The normalized spacial score (nSPS) is 18.5. The molecule has 0 amide bonds. The third kappa shape index (κ3) is 8.50. The average Bonchev–Trinajstić information content (AvgIpc) is 2.56. The zero-order chi connectivity index (χ0) is 18.1. The van der Waals surface area contributed by atoms with Crippen molar-refractivity contribution < 1.29 is 43.5 Å². The van der Waals surface area contributed by atoms with Gasteiger partial charge in [0.2, 0.25) is 7.60 Å². The summed E-state index contributed by atoms with van der Waals surface area (Å²) >= 11 is 6.05. The SMILES string of the molecule is CCCCCCCCCCCCC1=CP(=O)([O-])Oc2ccc(Cl)cc21.[Na+]. The predicted octanol–water partition coefficient (Wildman–Crippen LogP) is 3.94. The van der Waals surface area contributed by atoms with Gasteiger partial charge in [-0.05, 0) is 36.6 Å². The van der Waals surface area contributed by atoms with Gasteiger partial charge in [-0.2, -0.15) is 0 Å². The van der Waals surface area contributed by atoms with Crippen LogP contribution in [0.4, 0.5) is 0 Å². The fraction of sp³-hybridized carbons (Fsp3) is 0.600. The molecule has 2 rings (SSSR count). The van der Waals surface area contributed by atoms with Gasteiger partial charge in [0.1, 0.15) is 5.75 Å². The van der Waals surface area contributed by atoms with Crippen molar-refractivity contribution in [2.75, 3.05) is 0 Å². The van der Waals surface area contributed by atoms with E-state index in [1.165, 1.54) is 57.2 Å². The Morgan fingerprint density at radius 1 is 1.00 bits per heavy atom. The summed E-state index contributed by atoms with van der Waals surface area (Å²) in [6, 6.07) is 5.08. The second kappa shape index (κ2) is 12.6. The van der Waals surface area contributed by atoms with E-state index in [2.05, 4.69) is 6.92 Å². The van der Waals surface area contributed by atoms with Crippen molar-refractivity contribution in [3.8, 4) is 5.75 Å². The maximum atomic E-state index is 11.9. The molecular weight excluding hydrogens is 378 g/mol. The summed E-state index contributed by atoms with van der Waals surface area (Å²) in [6.07, 6.45) is 13.4. The quantitative estimate of drug-likeness (QED) is 0.318. The average molecular weight is 407 g/mol. The van der Waals surface area contributed by atoms with E-state index in [1.807, 2.05) is 0 Å². The summed E-state index contributed by atoms with van der Waals surface area (Å²) in [4.78, 5) is 11.9. The summed E-state index contributed by atoms with van der Waals surface area (Å²) < 4.78 is 17.0. The molecule has 1 heterocycles. The van der Waals surface area contributed by atoms with Crippen molar-refractivity contribution in [1.29, 1.82) is 0 Å². The molecule has 0 N–H and O–H groups in total. The van der Waals surface area contributed by atoms with Crippen molar-refractivity contribution in [2.24, 2.45) is 0 Å². The van der Waals surface area contributed by atoms with Crippen molar-refractivity contribution in [1.82, 2.24) is 0 Å². The van der Waals surface area contributed by atoms with E-state index in [9.17, 15) is 9.46 Å². The number of hydrogen-bond acceptors (Lipinski definition) is 3. The van der Waals surface area contributed by atoms with Crippen LogP contribution < -0.4 is 39.0 Å². The molecule has 0 fully saturated rings. The molecule has 26 heavy (non-hydrogen) atoms. The van der Waals surface area contributed by atoms with E-state index in [0.29, 0.717) is 10.8 Å². The number of unbranched alkanes of at least 4 members (excludes halogenated alkanes) is 9. The monoisotopic (exact) mass is 406 g/mol. The summed E-state index contributed by atoms with van der Waals surface area (Å²) in [5, 5.41) is 0.596. The van der Waals surface area contributed by atoms with Gasteiger partial charge < -0.3 is 9.42 Å². The summed E-state index contributed by atoms with van der Waals surface area (Å²) in [5.74, 6) is 1.67. The van der Waals surface area contributed by atoms with Gasteiger partial charge in [-0.15, -0.1) is 0 Å². The van der Waals surface area contributed by atoms with Crippen LogP contribution in [0.25, 0.3) is 5.57 Å². The number of hydrogen-bond donors (Lipinski definition) is 0. The Kier molecular flexibility index (Phi) is 11.8. The van der Waals surface area contributed by atoms with Gasteiger partial charge in [0, 0.05) is 16.4 Å². The fourth-order valence-electron chi connectivity index (χ4n) is 3.26. The van der Waals surface area contributed by atoms with Gasteiger partial charge in [-0.1, -0.05) is 76.3 Å². The van der Waals surface area contributed by atoms with E-state index in [1.54, 1.807) is 18.2 Å². The van der Waals surface area contributed by atoms with Crippen LogP contribution in [0.3, 0.4) is 0 Å². The number of halogens is 1. The maximum Gasteiger partial charge on any atom is 1.00 e. The second-order valence-electron chi connectivity index (χ2n) is 6.86. The molecule has 140 valence electrons. The van der Waals surface area contributed by atoms with Crippen LogP contribution in [0.2, 0.25) is 5.02 Å². The molecule has 0 spiro atoms. The Bertz CT molecular complexity index is 633. The molecule has 1 atom stereocenters. The minimum absolute atomic E-state index is 0. The van der Waals surface area contributed by atoms with Crippen LogP contribution in [-0.2, 0) is 4.57 Å². The maximum absolute atomic E-state index is 11.9. The van der Waals surface area contributed by atoms with E-state index in [-0.39, 0.29) is 29.6 Å². The molecule has 1 aromatic rings. The minimum Gasteiger partial charge on any atom is -0.766 e. The molecule has 0 radical (unpaired) electrons. The Morgan fingerprint density at radius 2 is 1.58 bits per heavy atom. The van der Waals surface area contributed by atoms with Crippen LogP contribution in [0, 0.1) is 0 Å². The zero-order valence-electron chi connectivity index (χ0n) is 16.1. The number of rotatable bonds is 11. The van der Waals surface area contributed by atoms with E-state index >= 15 is 0 Å². The van der Waals surface area contributed by atoms with Crippen LogP contribution in [-0.4, -0.2) is 0 Å². The smallest absolute Gasteiger partial charge is 0.766 e. The first-order valence-corrected chi connectivity index (χ1v) is 11.5. The molecule has 1 aromatic carbocycles. The first kappa shape index (κ1) is 24.3. The van der Waals surface area contributed by atoms with Crippen molar-refractivity contribution >= 4 is 24.8 Å². The third-order valence-electron chi connectivity index (χ3n) is 4.63. The molecule has 0 aromatic heterocycles. The van der Waals surface area contributed by atoms with Gasteiger partial charge in [-0.25, -0.2) is 0 Å². The zero-order valence-corrected chi connectivity index (χ0v) is 19.8. The van der Waals surface area contributed by atoms with Crippen LogP contribution >= 0.6 is 19.2 Å². The second-order valence-corrected chi connectivity index (χ2v) is 8.81. The minimum atomic E-state index is -3.93. The van der Waals surface area contributed by atoms with Crippen LogP contribution in [0.5, 0.6) is 5.75 Å². The molecule has 0 saturated carbocycles. The largest absolute Gasteiger partial charge is 1.00 e. The Labute approximate surface area is 185 Å². The van der Waals surface area contributed by atoms with Gasteiger partial charge >= 0.3 is 29.6 Å². The first-order chi connectivity index (χ1) is 12.0. The van der Waals surface area contributed by atoms with Gasteiger partial charge in [0.05, 0.1) is 0 Å². The van der Waals surface area contributed by atoms with Crippen LogP contribution in [0.15, 0.2) is 24.0 Å². The molecular formula is C20H29ClNaO3P. The van der Waals surface area contributed by atoms with Gasteiger partial charge in [0.15, 0.2) is 0 Å². The van der Waals surface area contributed by atoms with E-state index in [0.717, 1.165) is 30.4 Å². The molecule has 0 bridgehead atoms. The molecule has 0 aliphatic carbocycles. The molecule has 3 nitrogen and oxygen atoms in total. The topological polar surface area (TPSA) is 49.4 Å². The predicted molar refractivity (Wildman–Crippen MR) is 104 cm³/mol. The molecule has 1 aliphatic rings. The van der Waals surface area contributed by atoms with Crippen molar-refractivity contribution in [2.45, 2.75) is 77.6 Å². The van der Waals surface area contributed by atoms with E-state index < -0.39 is 7.60 Å². The van der Waals surface area contributed by atoms with Gasteiger partial charge in [0.25, 0.3) is 0 Å². The first-order valence-electron chi connectivity index (χ1n) is 9.54. The molecule has 6 heteroatoms. The summed E-state index contributed by atoms with van der Waals surface area (Å²) in [5.41, 5.74) is 1.63. The molecule has 1 unspecified atom stereocenters. The van der Waals surface area contributed by atoms with Gasteiger partial charge in [-0.3, -0.25) is 4.57 Å². The number of allylic oxidation sites excluding steroid dienone is 1. The summed E-state index contributed by atoms with van der Waals surface area (Å²) in [7, 11) is -3.93. The Morgan fingerprint density at radius 3 is 2.19 bits per heavy atom. The van der Waals surface area contributed by atoms with Crippen molar-refractivity contribution in [3.63, 3.8) is 0 Å². The number of fused-ring (bicyclic) bond motifs is 1. The number of benzene rings is 1. The van der Waals surface area contributed by atoms with Crippen LogP contribution in [0.1, 0.15) is 83.1 Å². The summed E-state index contributed by atoms with van der Waals surface area (Å²) in [6.45, 7) is 2.24.